The molecule has 0 aromatic carbocycles. The minimum atomic E-state index is 0.0844. The molecule has 1 nitrogen and oxygen atoms in total. The minimum Gasteiger partial charge on any atom is -0.492 e. The zero-order chi connectivity index (χ0) is 12.2. The van der Waals surface area contributed by atoms with Gasteiger partial charge in [-0.05, 0) is 18.1 Å². The van der Waals surface area contributed by atoms with Gasteiger partial charge in [-0.3, -0.25) is 0 Å². The molecule has 1 aliphatic rings. The lowest BCUT2D eigenvalue weighted by Crippen LogP contribution is -2.17. The smallest absolute Gasteiger partial charge is 0.123 e. The van der Waals surface area contributed by atoms with Gasteiger partial charge in [0.25, 0.3) is 0 Å². The molecule has 86 valence electrons. The highest BCUT2D eigenvalue weighted by atomic mass is 16.5. The average Bonchev–Trinajstić information content (AvgIpc) is 2.63. The summed E-state index contributed by atoms with van der Waals surface area (Å²) < 4.78 is 5.73. The SMILES string of the molecule is C=CC(C=C)=CC1=C(C=C)C(C)(CC)CO1. The molecule has 0 fully saturated rings. The summed E-state index contributed by atoms with van der Waals surface area (Å²) in [6.07, 6.45) is 8.45. The Morgan fingerprint density at radius 1 is 1.38 bits per heavy atom. The molecule has 0 radical (unpaired) electrons. The van der Waals surface area contributed by atoms with Gasteiger partial charge >= 0.3 is 0 Å². The van der Waals surface area contributed by atoms with Crippen molar-refractivity contribution < 1.29 is 4.74 Å². The van der Waals surface area contributed by atoms with Crippen LogP contribution in [0.25, 0.3) is 0 Å². The van der Waals surface area contributed by atoms with Crippen LogP contribution in [0.5, 0.6) is 0 Å². The molecule has 1 heteroatoms. The predicted octanol–water partition coefficient (Wildman–Crippen LogP) is 4.17. The molecule has 1 unspecified atom stereocenters. The summed E-state index contributed by atoms with van der Waals surface area (Å²) in [5.74, 6) is 0.897. The molecule has 0 spiro atoms. The second-order valence-corrected chi connectivity index (χ2v) is 4.24. The molecule has 0 saturated carbocycles. The Morgan fingerprint density at radius 2 is 2.00 bits per heavy atom. The molecule has 1 atom stereocenters. The Bertz CT molecular complexity index is 361. The van der Waals surface area contributed by atoms with E-state index in [0.717, 1.165) is 24.4 Å². The van der Waals surface area contributed by atoms with Crippen LogP contribution in [0.1, 0.15) is 20.3 Å². The van der Waals surface area contributed by atoms with Crippen LogP contribution in [0.4, 0.5) is 0 Å². The van der Waals surface area contributed by atoms with E-state index in [4.69, 9.17) is 4.74 Å². The van der Waals surface area contributed by atoms with Crippen molar-refractivity contribution in [3.63, 3.8) is 0 Å². The average molecular weight is 216 g/mol. The molecular weight excluding hydrogens is 196 g/mol. The third-order valence-corrected chi connectivity index (χ3v) is 3.22. The fourth-order valence-electron chi connectivity index (χ4n) is 1.80. The third-order valence-electron chi connectivity index (χ3n) is 3.22. The maximum Gasteiger partial charge on any atom is 0.123 e. The number of allylic oxidation sites excluding steroid dienone is 5. The zero-order valence-corrected chi connectivity index (χ0v) is 10.3. The second-order valence-electron chi connectivity index (χ2n) is 4.24. The molecule has 0 bridgehead atoms. The molecule has 0 aliphatic carbocycles. The van der Waals surface area contributed by atoms with Crippen LogP contribution in [0, 0.1) is 5.41 Å². The normalized spacial score (nSPS) is 23.6. The first-order chi connectivity index (χ1) is 7.61. The standard InChI is InChI=1S/C15H20O/c1-6-12(7-2)10-14-13(8-3)15(5,9-4)11-16-14/h6-8,10H,1-3,9,11H2,4-5H3. The van der Waals surface area contributed by atoms with Crippen LogP contribution >= 0.6 is 0 Å². The molecule has 0 aromatic heterocycles. The Balaban J connectivity index is 3.17. The van der Waals surface area contributed by atoms with E-state index >= 15 is 0 Å². The van der Waals surface area contributed by atoms with Crippen molar-refractivity contribution in [3.05, 3.63) is 60.9 Å². The highest BCUT2D eigenvalue weighted by Gasteiger charge is 2.34. The van der Waals surface area contributed by atoms with E-state index in [1.807, 2.05) is 12.2 Å². The van der Waals surface area contributed by atoms with E-state index < -0.39 is 0 Å². The number of hydrogen-bond acceptors (Lipinski definition) is 1. The van der Waals surface area contributed by atoms with Gasteiger partial charge in [0.2, 0.25) is 0 Å². The Labute approximate surface area is 98.5 Å². The van der Waals surface area contributed by atoms with Gasteiger partial charge in [0.1, 0.15) is 5.76 Å². The quantitative estimate of drug-likeness (QED) is 0.627. The molecule has 1 heterocycles. The fraction of sp³-hybridized carbons (Fsp3) is 0.333. The van der Waals surface area contributed by atoms with E-state index in [1.54, 1.807) is 12.2 Å². The largest absolute Gasteiger partial charge is 0.492 e. The summed E-state index contributed by atoms with van der Waals surface area (Å²) in [5.41, 5.74) is 2.23. The molecule has 1 rings (SSSR count). The third kappa shape index (κ3) is 2.19. The lowest BCUT2D eigenvalue weighted by molar-refractivity contribution is 0.179. The number of rotatable bonds is 5. The van der Waals surface area contributed by atoms with Crippen LogP contribution in [0.2, 0.25) is 0 Å². The molecule has 0 aromatic rings. The van der Waals surface area contributed by atoms with Gasteiger partial charge in [-0.25, -0.2) is 0 Å². The minimum absolute atomic E-state index is 0.0844. The van der Waals surface area contributed by atoms with Crippen molar-refractivity contribution in [2.75, 3.05) is 6.61 Å². The van der Waals surface area contributed by atoms with Gasteiger partial charge in [0.15, 0.2) is 0 Å². The summed E-state index contributed by atoms with van der Waals surface area (Å²) in [6.45, 7) is 16.4. The van der Waals surface area contributed by atoms with Crippen molar-refractivity contribution in [1.29, 1.82) is 0 Å². The summed E-state index contributed by atoms with van der Waals surface area (Å²) in [7, 11) is 0. The van der Waals surface area contributed by atoms with Crippen LogP contribution in [0.15, 0.2) is 60.9 Å². The van der Waals surface area contributed by atoms with Gasteiger partial charge in [-0.15, -0.1) is 0 Å². The summed E-state index contributed by atoms with van der Waals surface area (Å²) >= 11 is 0. The highest BCUT2D eigenvalue weighted by Crippen LogP contribution is 2.40. The van der Waals surface area contributed by atoms with Crippen LogP contribution in [-0.2, 0) is 4.74 Å². The first kappa shape index (κ1) is 12.6. The molecule has 1 aliphatic heterocycles. The van der Waals surface area contributed by atoms with E-state index in [2.05, 4.69) is 33.6 Å². The first-order valence-corrected chi connectivity index (χ1v) is 5.58. The van der Waals surface area contributed by atoms with Gasteiger partial charge in [0, 0.05) is 11.0 Å². The zero-order valence-electron chi connectivity index (χ0n) is 10.3. The van der Waals surface area contributed by atoms with Crippen molar-refractivity contribution in [2.45, 2.75) is 20.3 Å². The van der Waals surface area contributed by atoms with Crippen molar-refractivity contribution in [2.24, 2.45) is 5.41 Å². The van der Waals surface area contributed by atoms with Gasteiger partial charge in [-0.2, -0.15) is 0 Å². The van der Waals surface area contributed by atoms with Gasteiger partial charge < -0.3 is 4.74 Å². The van der Waals surface area contributed by atoms with E-state index in [1.165, 1.54) is 5.57 Å². The van der Waals surface area contributed by atoms with Crippen molar-refractivity contribution in [3.8, 4) is 0 Å². The lowest BCUT2D eigenvalue weighted by atomic mass is 9.81. The molecular formula is C15H20O. The summed E-state index contributed by atoms with van der Waals surface area (Å²) in [4.78, 5) is 0. The molecule has 0 N–H and O–H groups in total. The predicted molar refractivity (Wildman–Crippen MR) is 70.1 cm³/mol. The van der Waals surface area contributed by atoms with E-state index in [9.17, 15) is 0 Å². The number of ether oxygens (including phenoxy) is 1. The topological polar surface area (TPSA) is 9.23 Å². The second kappa shape index (κ2) is 5.02. The summed E-state index contributed by atoms with van der Waals surface area (Å²) in [5, 5.41) is 0. The number of hydrogen-bond donors (Lipinski definition) is 0. The van der Waals surface area contributed by atoms with Crippen molar-refractivity contribution >= 4 is 0 Å². The van der Waals surface area contributed by atoms with Crippen LogP contribution < -0.4 is 0 Å². The monoisotopic (exact) mass is 216 g/mol. The van der Waals surface area contributed by atoms with Gasteiger partial charge in [-0.1, -0.05) is 51.8 Å². The lowest BCUT2D eigenvalue weighted by Gasteiger charge is -2.21. The Kier molecular flexibility index (Phi) is 3.94. The summed E-state index contributed by atoms with van der Waals surface area (Å²) in [6, 6.07) is 0. The molecule has 16 heavy (non-hydrogen) atoms. The van der Waals surface area contributed by atoms with Crippen molar-refractivity contribution in [1.82, 2.24) is 0 Å². The van der Waals surface area contributed by atoms with Gasteiger partial charge in [0.05, 0.1) is 6.61 Å². The van der Waals surface area contributed by atoms with Crippen LogP contribution in [0.3, 0.4) is 0 Å². The maximum atomic E-state index is 5.73. The fourth-order valence-corrected chi connectivity index (χ4v) is 1.80. The van der Waals surface area contributed by atoms with E-state index in [0.29, 0.717) is 0 Å². The van der Waals surface area contributed by atoms with E-state index in [-0.39, 0.29) is 5.41 Å². The molecule has 0 amide bonds. The molecule has 0 saturated heterocycles. The Hall–Kier alpha value is -1.50. The first-order valence-electron chi connectivity index (χ1n) is 5.58. The van der Waals surface area contributed by atoms with Crippen LogP contribution in [-0.4, -0.2) is 6.61 Å². The maximum absolute atomic E-state index is 5.73. The Morgan fingerprint density at radius 3 is 2.44 bits per heavy atom. The highest BCUT2D eigenvalue weighted by molar-refractivity contribution is 5.42.